The highest BCUT2D eigenvalue weighted by Crippen LogP contribution is 2.33. The molecule has 2 unspecified atom stereocenters. The molecule has 1 aliphatic carbocycles. The van der Waals surface area contributed by atoms with Crippen LogP contribution in [0.4, 0.5) is 0 Å². The van der Waals surface area contributed by atoms with Gasteiger partial charge in [0, 0.05) is 12.2 Å². The Labute approximate surface area is 76.7 Å². The highest BCUT2D eigenvalue weighted by molar-refractivity contribution is 5.94. The highest BCUT2D eigenvalue weighted by atomic mass is 16.1. The molecule has 0 saturated heterocycles. The molecule has 0 spiro atoms. The van der Waals surface area contributed by atoms with E-state index in [0.717, 1.165) is 12.8 Å². The quantitative estimate of drug-likeness (QED) is 0.725. The van der Waals surface area contributed by atoms with Gasteiger partial charge in [0.05, 0.1) is 11.8 Å². The number of carbonyl (C=O) groups is 1. The first-order valence-corrected chi connectivity index (χ1v) is 4.61. The first kappa shape index (κ1) is 8.29. The molecule has 1 fully saturated rings. The maximum atomic E-state index is 11.4. The second-order valence-electron chi connectivity index (χ2n) is 3.47. The predicted molar refractivity (Wildman–Crippen MR) is 48.2 cm³/mol. The van der Waals surface area contributed by atoms with Crippen molar-refractivity contribution in [1.29, 1.82) is 0 Å². The zero-order valence-corrected chi connectivity index (χ0v) is 7.58. The second kappa shape index (κ2) is 3.20. The summed E-state index contributed by atoms with van der Waals surface area (Å²) < 4.78 is 0. The van der Waals surface area contributed by atoms with Crippen molar-refractivity contribution in [3.8, 4) is 0 Å². The minimum atomic E-state index is -0.0188. The van der Waals surface area contributed by atoms with E-state index in [2.05, 4.69) is 22.4 Å². The summed E-state index contributed by atoms with van der Waals surface area (Å²) in [6.07, 6.45) is 5.42. The van der Waals surface area contributed by atoms with Gasteiger partial charge in [-0.3, -0.25) is 9.89 Å². The molecule has 1 aromatic rings. The number of nitrogens with one attached hydrogen (secondary N) is 2. The number of aromatic nitrogens is 2. The summed E-state index contributed by atoms with van der Waals surface area (Å²) in [6, 6.07) is 0.396. The fourth-order valence-corrected chi connectivity index (χ4v) is 1.50. The Kier molecular flexibility index (Phi) is 2.04. The topological polar surface area (TPSA) is 57.8 Å². The molecule has 13 heavy (non-hydrogen) atoms. The average molecular weight is 179 g/mol. The molecule has 0 bridgehead atoms. The molecule has 2 atom stereocenters. The van der Waals surface area contributed by atoms with Crippen molar-refractivity contribution in [1.82, 2.24) is 15.5 Å². The lowest BCUT2D eigenvalue weighted by molar-refractivity contribution is 0.0949. The molecule has 2 rings (SSSR count). The molecular formula is C9H13N3O. The van der Waals surface area contributed by atoms with E-state index >= 15 is 0 Å². The van der Waals surface area contributed by atoms with Crippen LogP contribution in [0.2, 0.25) is 0 Å². The van der Waals surface area contributed by atoms with Crippen LogP contribution in [0.15, 0.2) is 12.4 Å². The van der Waals surface area contributed by atoms with Crippen LogP contribution < -0.4 is 5.32 Å². The van der Waals surface area contributed by atoms with Gasteiger partial charge in [0.15, 0.2) is 0 Å². The number of aromatic amines is 1. The summed E-state index contributed by atoms with van der Waals surface area (Å²) in [7, 11) is 0. The maximum Gasteiger partial charge on any atom is 0.254 e. The van der Waals surface area contributed by atoms with Crippen molar-refractivity contribution in [2.24, 2.45) is 5.92 Å². The van der Waals surface area contributed by atoms with E-state index in [1.807, 2.05) is 0 Å². The van der Waals surface area contributed by atoms with E-state index in [4.69, 9.17) is 0 Å². The van der Waals surface area contributed by atoms with Crippen molar-refractivity contribution >= 4 is 5.91 Å². The number of amides is 1. The Morgan fingerprint density at radius 1 is 1.85 bits per heavy atom. The molecule has 1 aliphatic rings. The SMILES string of the molecule is CCC1CC1NC(=O)c1cn[nH]c1. The van der Waals surface area contributed by atoms with Crippen molar-refractivity contribution < 1.29 is 4.79 Å². The van der Waals surface area contributed by atoms with Gasteiger partial charge in [0.25, 0.3) is 5.91 Å². The lowest BCUT2D eigenvalue weighted by Gasteiger charge is -2.00. The molecule has 1 amide bonds. The van der Waals surface area contributed by atoms with E-state index in [-0.39, 0.29) is 5.91 Å². The number of carbonyl (C=O) groups excluding carboxylic acids is 1. The molecule has 0 aromatic carbocycles. The smallest absolute Gasteiger partial charge is 0.254 e. The fraction of sp³-hybridized carbons (Fsp3) is 0.556. The first-order chi connectivity index (χ1) is 6.31. The van der Waals surface area contributed by atoms with Crippen LogP contribution in [0, 0.1) is 5.92 Å². The fourth-order valence-electron chi connectivity index (χ4n) is 1.50. The minimum absolute atomic E-state index is 0.0188. The monoisotopic (exact) mass is 179 g/mol. The van der Waals surface area contributed by atoms with Gasteiger partial charge in [0.1, 0.15) is 0 Å². The third-order valence-electron chi connectivity index (χ3n) is 2.52. The van der Waals surface area contributed by atoms with Gasteiger partial charge >= 0.3 is 0 Å². The largest absolute Gasteiger partial charge is 0.349 e. The number of H-pyrrole nitrogens is 1. The number of nitrogens with zero attached hydrogens (tertiary/aromatic N) is 1. The van der Waals surface area contributed by atoms with Gasteiger partial charge in [-0.25, -0.2) is 0 Å². The van der Waals surface area contributed by atoms with Gasteiger partial charge in [-0.1, -0.05) is 13.3 Å². The van der Waals surface area contributed by atoms with Crippen LogP contribution in [-0.2, 0) is 0 Å². The maximum absolute atomic E-state index is 11.4. The van der Waals surface area contributed by atoms with Crippen molar-refractivity contribution in [2.45, 2.75) is 25.8 Å². The Hall–Kier alpha value is -1.32. The zero-order chi connectivity index (χ0) is 9.26. The van der Waals surface area contributed by atoms with Crippen LogP contribution in [0.25, 0.3) is 0 Å². The third kappa shape index (κ3) is 1.71. The molecule has 4 nitrogen and oxygen atoms in total. The second-order valence-corrected chi connectivity index (χ2v) is 3.47. The van der Waals surface area contributed by atoms with Gasteiger partial charge < -0.3 is 5.32 Å². The normalized spacial score (nSPS) is 25.6. The minimum Gasteiger partial charge on any atom is -0.349 e. The Bertz CT molecular complexity index is 294. The molecule has 1 aromatic heterocycles. The number of hydrogen-bond acceptors (Lipinski definition) is 2. The Balaban J connectivity index is 1.87. The summed E-state index contributed by atoms with van der Waals surface area (Å²) in [4.78, 5) is 11.4. The van der Waals surface area contributed by atoms with E-state index < -0.39 is 0 Å². The summed E-state index contributed by atoms with van der Waals surface area (Å²) in [5.41, 5.74) is 0.613. The molecular weight excluding hydrogens is 166 g/mol. The Morgan fingerprint density at radius 2 is 2.69 bits per heavy atom. The van der Waals surface area contributed by atoms with Crippen molar-refractivity contribution in [2.75, 3.05) is 0 Å². The van der Waals surface area contributed by atoms with Gasteiger partial charge in [-0.15, -0.1) is 0 Å². The molecule has 1 saturated carbocycles. The highest BCUT2D eigenvalue weighted by Gasteiger charge is 2.36. The standard InChI is InChI=1S/C9H13N3O/c1-2-6-3-8(6)12-9(13)7-4-10-11-5-7/h4-6,8H,2-3H2,1H3,(H,10,11)(H,12,13). The van der Waals surface area contributed by atoms with E-state index in [0.29, 0.717) is 17.5 Å². The lowest BCUT2D eigenvalue weighted by Crippen LogP contribution is -2.26. The molecule has 4 heteroatoms. The lowest BCUT2D eigenvalue weighted by atomic mass is 10.3. The summed E-state index contributed by atoms with van der Waals surface area (Å²) in [5, 5.41) is 9.30. The Morgan fingerprint density at radius 3 is 3.23 bits per heavy atom. The van der Waals surface area contributed by atoms with Crippen LogP contribution >= 0.6 is 0 Å². The van der Waals surface area contributed by atoms with E-state index in [1.54, 1.807) is 12.4 Å². The predicted octanol–water partition coefficient (Wildman–Crippen LogP) is 0.938. The summed E-state index contributed by atoms with van der Waals surface area (Å²) in [6.45, 7) is 2.15. The van der Waals surface area contributed by atoms with Gasteiger partial charge in [-0.05, 0) is 12.3 Å². The third-order valence-corrected chi connectivity index (χ3v) is 2.52. The summed E-state index contributed by atoms with van der Waals surface area (Å²) in [5.74, 6) is 0.672. The first-order valence-electron chi connectivity index (χ1n) is 4.61. The van der Waals surface area contributed by atoms with Crippen molar-refractivity contribution in [3.05, 3.63) is 18.0 Å². The van der Waals surface area contributed by atoms with Gasteiger partial charge in [0.2, 0.25) is 0 Å². The molecule has 0 radical (unpaired) electrons. The average Bonchev–Trinajstić information content (AvgIpc) is 2.68. The number of rotatable bonds is 3. The summed E-state index contributed by atoms with van der Waals surface area (Å²) >= 11 is 0. The molecule has 2 N–H and O–H groups in total. The van der Waals surface area contributed by atoms with Crippen LogP contribution in [0.5, 0.6) is 0 Å². The molecule has 1 heterocycles. The van der Waals surface area contributed by atoms with E-state index in [9.17, 15) is 4.79 Å². The van der Waals surface area contributed by atoms with Crippen LogP contribution in [0.1, 0.15) is 30.1 Å². The van der Waals surface area contributed by atoms with E-state index in [1.165, 1.54) is 0 Å². The zero-order valence-electron chi connectivity index (χ0n) is 7.58. The number of hydrogen-bond donors (Lipinski definition) is 2. The molecule has 0 aliphatic heterocycles. The van der Waals surface area contributed by atoms with Crippen LogP contribution in [0.3, 0.4) is 0 Å². The molecule has 70 valence electrons. The van der Waals surface area contributed by atoms with Gasteiger partial charge in [-0.2, -0.15) is 5.10 Å². The van der Waals surface area contributed by atoms with Crippen LogP contribution in [-0.4, -0.2) is 22.1 Å². The van der Waals surface area contributed by atoms with Crippen molar-refractivity contribution in [3.63, 3.8) is 0 Å².